The number of hydrogen-bond acceptors (Lipinski definition) is 4. The summed E-state index contributed by atoms with van der Waals surface area (Å²) in [5.74, 6) is -0.631. The Morgan fingerprint density at radius 3 is 2.75 bits per heavy atom. The van der Waals surface area contributed by atoms with E-state index < -0.39 is 10.8 Å². The molecule has 1 heterocycles. The van der Waals surface area contributed by atoms with Gasteiger partial charge in [0.1, 0.15) is 4.88 Å². The number of nitrogens with zero attached hydrogens (tertiary/aromatic N) is 1. The summed E-state index contributed by atoms with van der Waals surface area (Å²) in [6.45, 7) is 0. The highest BCUT2D eigenvalue weighted by Gasteiger charge is 2.16. The Labute approximate surface area is 98.6 Å². The number of amides is 1. The zero-order valence-corrected chi connectivity index (χ0v) is 9.34. The lowest BCUT2D eigenvalue weighted by atomic mass is 10.2. The van der Waals surface area contributed by atoms with E-state index in [2.05, 4.69) is 0 Å². The Hall–Kier alpha value is -1.66. The molecule has 1 aromatic carbocycles. The third kappa shape index (κ3) is 1.62. The summed E-state index contributed by atoms with van der Waals surface area (Å²) in [4.78, 5) is 21.3. The van der Waals surface area contributed by atoms with E-state index >= 15 is 0 Å². The Morgan fingerprint density at radius 2 is 2.19 bits per heavy atom. The van der Waals surface area contributed by atoms with Crippen molar-refractivity contribution < 1.29 is 9.72 Å². The molecule has 2 rings (SSSR count). The number of hydrogen-bond donors (Lipinski definition) is 1. The molecule has 2 aromatic rings. The van der Waals surface area contributed by atoms with Crippen LogP contribution >= 0.6 is 22.9 Å². The van der Waals surface area contributed by atoms with Crippen molar-refractivity contribution in [3.8, 4) is 0 Å². The van der Waals surface area contributed by atoms with Crippen LogP contribution in [0.25, 0.3) is 10.1 Å². The number of thiophene rings is 1. The van der Waals surface area contributed by atoms with Crippen LogP contribution in [0.15, 0.2) is 18.2 Å². The van der Waals surface area contributed by atoms with Gasteiger partial charge in [-0.2, -0.15) is 0 Å². The zero-order valence-electron chi connectivity index (χ0n) is 7.77. The predicted molar refractivity (Wildman–Crippen MR) is 62.0 cm³/mol. The van der Waals surface area contributed by atoms with E-state index in [4.69, 9.17) is 17.3 Å². The maximum Gasteiger partial charge on any atom is 0.270 e. The fraction of sp³-hybridized carbons (Fsp3) is 0. The summed E-state index contributed by atoms with van der Waals surface area (Å²) in [6.07, 6.45) is 0. The standard InChI is InChI=1S/C9H5ClN2O3S/c10-7-5-2-1-4(12(14)15)3-6(5)16-8(7)9(11)13/h1-3H,(H2,11,13). The van der Waals surface area contributed by atoms with Crippen molar-refractivity contribution in [1.29, 1.82) is 0 Å². The van der Waals surface area contributed by atoms with Crippen molar-refractivity contribution in [2.75, 3.05) is 0 Å². The summed E-state index contributed by atoms with van der Waals surface area (Å²) in [6, 6.07) is 4.22. The molecule has 0 saturated heterocycles. The highest BCUT2D eigenvalue weighted by atomic mass is 35.5. The Morgan fingerprint density at radius 1 is 1.50 bits per heavy atom. The minimum Gasteiger partial charge on any atom is -0.365 e. The average molecular weight is 257 g/mol. The number of rotatable bonds is 2. The van der Waals surface area contributed by atoms with Gasteiger partial charge < -0.3 is 5.73 Å². The van der Waals surface area contributed by atoms with Gasteiger partial charge in [-0.1, -0.05) is 11.6 Å². The van der Waals surface area contributed by atoms with Crippen molar-refractivity contribution in [2.45, 2.75) is 0 Å². The number of benzene rings is 1. The molecule has 0 unspecified atom stereocenters. The number of fused-ring (bicyclic) bond motifs is 1. The average Bonchev–Trinajstić information content (AvgIpc) is 2.55. The quantitative estimate of drug-likeness (QED) is 0.662. The van der Waals surface area contributed by atoms with Gasteiger partial charge in [0.15, 0.2) is 0 Å². The van der Waals surface area contributed by atoms with Gasteiger partial charge in [0.05, 0.1) is 9.95 Å². The number of carbonyl (C=O) groups excluding carboxylic acids is 1. The molecule has 0 fully saturated rings. The highest BCUT2D eigenvalue weighted by molar-refractivity contribution is 7.21. The van der Waals surface area contributed by atoms with E-state index in [0.29, 0.717) is 10.1 Å². The maximum atomic E-state index is 11.0. The minimum atomic E-state index is -0.631. The predicted octanol–water partition coefficient (Wildman–Crippen LogP) is 2.56. The summed E-state index contributed by atoms with van der Waals surface area (Å²) in [5, 5.41) is 11.4. The van der Waals surface area contributed by atoms with Gasteiger partial charge in [-0.25, -0.2) is 0 Å². The number of primary amides is 1. The molecule has 0 radical (unpaired) electrons. The topological polar surface area (TPSA) is 86.2 Å². The van der Waals surface area contributed by atoms with E-state index in [1.54, 1.807) is 0 Å². The molecule has 0 aliphatic carbocycles. The third-order valence-electron chi connectivity index (χ3n) is 2.05. The van der Waals surface area contributed by atoms with E-state index in [1.165, 1.54) is 18.2 Å². The smallest absolute Gasteiger partial charge is 0.270 e. The zero-order chi connectivity index (χ0) is 11.9. The summed E-state index contributed by atoms with van der Waals surface area (Å²) >= 11 is 6.98. The second kappa shape index (κ2) is 3.73. The first-order valence-corrected chi connectivity index (χ1v) is 5.36. The van der Waals surface area contributed by atoms with Crippen LogP contribution in [0.5, 0.6) is 0 Å². The molecule has 0 spiro atoms. The van der Waals surface area contributed by atoms with Crippen LogP contribution in [0.3, 0.4) is 0 Å². The van der Waals surface area contributed by atoms with E-state index in [-0.39, 0.29) is 15.6 Å². The monoisotopic (exact) mass is 256 g/mol. The Bertz CT molecular complexity index is 608. The maximum absolute atomic E-state index is 11.0. The minimum absolute atomic E-state index is 0.0403. The van der Waals surface area contributed by atoms with Gasteiger partial charge in [-0.15, -0.1) is 11.3 Å². The van der Waals surface area contributed by atoms with Gasteiger partial charge in [0.2, 0.25) is 0 Å². The van der Waals surface area contributed by atoms with Crippen molar-refractivity contribution >= 4 is 44.6 Å². The van der Waals surface area contributed by atoms with Gasteiger partial charge in [0.25, 0.3) is 11.6 Å². The van der Waals surface area contributed by atoms with Gasteiger partial charge in [-0.3, -0.25) is 14.9 Å². The largest absolute Gasteiger partial charge is 0.365 e. The number of non-ortho nitro benzene ring substituents is 1. The molecule has 0 aliphatic rings. The first kappa shape index (κ1) is 10.8. The molecule has 82 valence electrons. The molecular weight excluding hydrogens is 252 g/mol. The van der Waals surface area contributed by atoms with E-state index in [1.807, 2.05) is 0 Å². The third-order valence-corrected chi connectivity index (χ3v) is 3.72. The second-order valence-electron chi connectivity index (χ2n) is 3.05. The summed E-state index contributed by atoms with van der Waals surface area (Å²) in [7, 11) is 0. The molecule has 7 heteroatoms. The lowest BCUT2D eigenvalue weighted by Gasteiger charge is -1.91. The van der Waals surface area contributed by atoms with Crippen LogP contribution < -0.4 is 5.73 Å². The molecule has 16 heavy (non-hydrogen) atoms. The molecule has 2 N–H and O–H groups in total. The molecule has 1 amide bonds. The number of nitrogens with two attached hydrogens (primary N) is 1. The lowest BCUT2D eigenvalue weighted by Crippen LogP contribution is -2.08. The van der Waals surface area contributed by atoms with Crippen LogP contribution in [0.4, 0.5) is 5.69 Å². The van der Waals surface area contributed by atoms with Crippen molar-refractivity contribution in [1.82, 2.24) is 0 Å². The number of nitro groups is 1. The number of halogens is 1. The van der Waals surface area contributed by atoms with Gasteiger partial charge in [-0.05, 0) is 6.07 Å². The van der Waals surface area contributed by atoms with E-state index in [9.17, 15) is 14.9 Å². The molecule has 5 nitrogen and oxygen atoms in total. The van der Waals surface area contributed by atoms with Crippen LogP contribution in [-0.2, 0) is 0 Å². The van der Waals surface area contributed by atoms with Crippen molar-refractivity contribution in [2.24, 2.45) is 5.73 Å². The van der Waals surface area contributed by atoms with Crippen LogP contribution in [0.2, 0.25) is 5.02 Å². The molecule has 0 saturated carbocycles. The molecule has 1 aromatic heterocycles. The normalized spacial score (nSPS) is 10.6. The first-order valence-electron chi connectivity index (χ1n) is 4.17. The van der Waals surface area contributed by atoms with Gasteiger partial charge in [0, 0.05) is 22.2 Å². The van der Waals surface area contributed by atoms with E-state index in [0.717, 1.165) is 11.3 Å². The summed E-state index contributed by atoms with van der Waals surface area (Å²) < 4.78 is 0.577. The van der Waals surface area contributed by atoms with Gasteiger partial charge >= 0.3 is 0 Å². The lowest BCUT2D eigenvalue weighted by molar-refractivity contribution is -0.384. The fourth-order valence-corrected chi connectivity index (χ4v) is 2.74. The molecule has 0 aliphatic heterocycles. The Kier molecular flexibility index (Phi) is 2.53. The molecular formula is C9H5ClN2O3S. The van der Waals surface area contributed by atoms with Crippen molar-refractivity contribution in [3.63, 3.8) is 0 Å². The number of nitro benzene ring substituents is 1. The first-order chi connectivity index (χ1) is 7.50. The highest BCUT2D eigenvalue weighted by Crippen LogP contribution is 2.36. The van der Waals surface area contributed by atoms with Crippen LogP contribution in [0.1, 0.15) is 9.67 Å². The molecule has 0 bridgehead atoms. The molecule has 0 atom stereocenters. The van der Waals surface area contributed by atoms with Crippen LogP contribution in [0, 0.1) is 10.1 Å². The SMILES string of the molecule is NC(=O)c1sc2cc([N+](=O)[O-])ccc2c1Cl. The number of carbonyl (C=O) groups is 1. The Balaban J connectivity index is 2.72. The van der Waals surface area contributed by atoms with Crippen molar-refractivity contribution in [3.05, 3.63) is 38.2 Å². The second-order valence-corrected chi connectivity index (χ2v) is 4.48. The van der Waals surface area contributed by atoms with Crippen LogP contribution in [-0.4, -0.2) is 10.8 Å². The summed E-state index contributed by atoms with van der Waals surface area (Å²) in [5.41, 5.74) is 5.09. The fourth-order valence-electron chi connectivity index (χ4n) is 1.33.